The number of aromatic nitrogens is 3. The van der Waals surface area contributed by atoms with Gasteiger partial charge in [-0.15, -0.1) is 0 Å². The van der Waals surface area contributed by atoms with Gasteiger partial charge in [0.25, 0.3) is 0 Å². The van der Waals surface area contributed by atoms with Crippen LogP contribution in [0.3, 0.4) is 0 Å². The van der Waals surface area contributed by atoms with Gasteiger partial charge >= 0.3 is 0 Å². The van der Waals surface area contributed by atoms with Gasteiger partial charge in [0.1, 0.15) is 11.5 Å². The smallest absolute Gasteiger partial charge is 0.241 e. The Hall–Kier alpha value is -1.70. The number of hydrogen-bond donors (Lipinski definition) is 0. The van der Waals surface area contributed by atoms with E-state index in [1.165, 1.54) is 0 Å². The number of nitrogens with zero attached hydrogens (tertiary/aromatic N) is 3. The molecule has 0 saturated heterocycles. The van der Waals surface area contributed by atoms with E-state index in [0.717, 1.165) is 12.8 Å². The van der Waals surface area contributed by atoms with E-state index in [-0.39, 0.29) is 17.4 Å². The first-order valence-electron chi connectivity index (χ1n) is 6.85. The average molecular weight is 313 g/mol. The molecule has 8 heteroatoms. The molecule has 0 bridgehead atoms. The Morgan fingerprint density at radius 2 is 1.86 bits per heavy atom. The topological polar surface area (TPSA) is 99.1 Å². The van der Waals surface area contributed by atoms with E-state index in [4.69, 9.17) is 9.05 Å². The summed E-state index contributed by atoms with van der Waals surface area (Å²) in [5, 5.41) is 7.54. The van der Waals surface area contributed by atoms with Crippen LogP contribution in [0.25, 0.3) is 0 Å². The first kappa shape index (κ1) is 15.7. The van der Waals surface area contributed by atoms with Crippen molar-refractivity contribution in [3.63, 3.8) is 0 Å². The molecule has 0 aliphatic heterocycles. The second-order valence-corrected chi connectivity index (χ2v) is 7.11. The van der Waals surface area contributed by atoms with Crippen LogP contribution in [0.5, 0.6) is 0 Å². The average Bonchev–Trinajstić information content (AvgIpc) is 2.97. The van der Waals surface area contributed by atoms with Gasteiger partial charge in [0.05, 0.1) is 11.4 Å². The molecule has 0 atom stereocenters. The third-order valence-electron chi connectivity index (χ3n) is 3.15. The molecule has 0 radical (unpaired) electrons. The molecule has 2 rings (SSSR count). The van der Waals surface area contributed by atoms with Crippen molar-refractivity contribution in [2.75, 3.05) is 0 Å². The molecule has 116 valence electrons. The minimum absolute atomic E-state index is 0.132. The maximum absolute atomic E-state index is 12.2. The molecule has 2 aromatic rings. The zero-order valence-corrected chi connectivity index (χ0v) is 13.2. The Morgan fingerprint density at radius 3 is 2.48 bits per heavy atom. The lowest BCUT2D eigenvalue weighted by Gasteiger charge is -2.00. The third kappa shape index (κ3) is 4.13. The van der Waals surface area contributed by atoms with E-state index < -0.39 is 9.84 Å². The highest BCUT2D eigenvalue weighted by molar-refractivity contribution is 7.89. The Kier molecular flexibility index (Phi) is 4.76. The monoisotopic (exact) mass is 313 g/mol. The number of hydrogen-bond acceptors (Lipinski definition) is 7. The minimum Gasteiger partial charge on any atom is -0.361 e. The second kappa shape index (κ2) is 6.38. The van der Waals surface area contributed by atoms with E-state index in [2.05, 4.69) is 22.2 Å². The van der Waals surface area contributed by atoms with E-state index in [1.54, 1.807) is 13.8 Å². The van der Waals surface area contributed by atoms with Crippen molar-refractivity contribution in [2.24, 2.45) is 0 Å². The SMILES string of the molecule is CCCCc1noc(CS(=O)(=O)Cc2c(C)noc2C)n1. The number of aryl methyl sites for hydroxylation is 3. The summed E-state index contributed by atoms with van der Waals surface area (Å²) in [6, 6.07) is 0. The first-order chi connectivity index (χ1) is 9.91. The maximum Gasteiger partial charge on any atom is 0.241 e. The van der Waals surface area contributed by atoms with Gasteiger partial charge in [-0.05, 0) is 20.3 Å². The summed E-state index contributed by atoms with van der Waals surface area (Å²) in [5.41, 5.74) is 1.19. The predicted octanol–water partition coefficient (Wildman–Crippen LogP) is 2.13. The molecule has 0 aliphatic carbocycles. The molecule has 0 unspecified atom stereocenters. The number of rotatable bonds is 7. The predicted molar refractivity (Wildman–Crippen MR) is 75.2 cm³/mol. The van der Waals surface area contributed by atoms with Crippen LogP contribution in [-0.4, -0.2) is 23.7 Å². The van der Waals surface area contributed by atoms with Crippen LogP contribution in [0, 0.1) is 13.8 Å². The van der Waals surface area contributed by atoms with Gasteiger partial charge in [0.2, 0.25) is 5.89 Å². The molecule has 0 amide bonds. The molecular formula is C13H19N3O4S. The molecule has 0 N–H and O–H groups in total. The quantitative estimate of drug-likeness (QED) is 0.772. The van der Waals surface area contributed by atoms with Crippen molar-refractivity contribution in [1.82, 2.24) is 15.3 Å². The lowest BCUT2D eigenvalue weighted by atomic mass is 10.2. The molecule has 0 saturated carbocycles. The molecule has 7 nitrogen and oxygen atoms in total. The number of sulfone groups is 1. The van der Waals surface area contributed by atoms with Crippen LogP contribution in [0.15, 0.2) is 9.05 Å². The van der Waals surface area contributed by atoms with Crippen LogP contribution >= 0.6 is 0 Å². The Morgan fingerprint density at radius 1 is 1.10 bits per heavy atom. The van der Waals surface area contributed by atoms with Gasteiger partial charge in [-0.2, -0.15) is 4.98 Å². The van der Waals surface area contributed by atoms with Crippen molar-refractivity contribution in [1.29, 1.82) is 0 Å². The zero-order valence-electron chi connectivity index (χ0n) is 12.4. The fourth-order valence-electron chi connectivity index (χ4n) is 1.95. The van der Waals surface area contributed by atoms with Crippen LogP contribution in [0.4, 0.5) is 0 Å². The molecule has 2 aromatic heterocycles. The highest BCUT2D eigenvalue weighted by Crippen LogP contribution is 2.18. The molecule has 0 aromatic carbocycles. The van der Waals surface area contributed by atoms with E-state index >= 15 is 0 Å². The standard InChI is InChI=1S/C13H19N3O4S/c1-4-5-6-12-14-13(20-16-12)8-21(17,18)7-11-9(2)15-19-10(11)3/h4-8H2,1-3H3. The fraction of sp³-hybridized carbons (Fsp3) is 0.615. The summed E-state index contributed by atoms with van der Waals surface area (Å²) < 4.78 is 34.4. The van der Waals surface area contributed by atoms with Crippen molar-refractivity contribution < 1.29 is 17.5 Å². The van der Waals surface area contributed by atoms with Crippen LogP contribution in [0.2, 0.25) is 0 Å². The fourth-order valence-corrected chi connectivity index (χ4v) is 3.40. The van der Waals surface area contributed by atoms with Gasteiger partial charge < -0.3 is 9.05 Å². The van der Waals surface area contributed by atoms with Gasteiger partial charge in [-0.3, -0.25) is 0 Å². The van der Waals surface area contributed by atoms with Crippen molar-refractivity contribution in [2.45, 2.75) is 51.5 Å². The molecule has 21 heavy (non-hydrogen) atoms. The molecule has 2 heterocycles. The van der Waals surface area contributed by atoms with Gasteiger partial charge in [0.15, 0.2) is 15.7 Å². The van der Waals surface area contributed by atoms with Crippen LogP contribution in [-0.2, 0) is 27.8 Å². The van der Waals surface area contributed by atoms with Crippen LogP contribution in [0.1, 0.15) is 48.5 Å². The molecule has 0 spiro atoms. The van der Waals surface area contributed by atoms with Gasteiger partial charge in [0, 0.05) is 12.0 Å². The summed E-state index contributed by atoms with van der Waals surface area (Å²) >= 11 is 0. The Labute approximate surface area is 123 Å². The molecule has 0 fully saturated rings. The molecular weight excluding hydrogens is 294 g/mol. The summed E-state index contributed by atoms with van der Waals surface area (Å²) in [5.74, 6) is 0.800. The van der Waals surface area contributed by atoms with E-state index in [1.807, 2.05) is 0 Å². The normalized spacial score (nSPS) is 12.0. The van der Waals surface area contributed by atoms with Crippen molar-refractivity contribution >= 4 is 9.84 Å². The Balaban J connectivity index is 2.05. The number of unbranched alkanes of at least 4 members (excludes halogenated alkanes) is 1. The molecule has 0 aliphatic rings. The summed E-state index contributed by atoms with van der Waals surface area (Å²) in [7, 11) is -3.41. The van der Waals surface area contributed by atoms with E-state index in [9.17, 15) is 8.42 Å². The first-order valence-corrected chi connectivity index (χ1v) is 8.67. The summed E-state index contributed by atoms with van der Waals surface area (Å²) in [6.07, 6.45) is 2.67. The van der Waals surface area contributed by atoms with Crippen LogP contribution < -0.4 is 0 Å². The zero-order chi connectivity index (χ0) is 15.5. The summed E-state index contributed by atoms with van der Waals surface area (Å²) in [4.78, 5) is 4.11. The maximum atomic E-state index is 12.2. The van der Waals surface area contributed by atoms with E-state index in [0.29, 0.717) is 29.3 Å². The van der Waals surface area contributed by atoms with Gasteiger partial charge in [-0.1, -0.05) is 23.7 Å². The lowest BCUT2D eigenvalue weighted by molar-refractivity contribution is 0.382. The van der Waals surface area contributed by atoms with Gasteiger partial charge in [-0.25, -0.2) is 8.42 Å². The Bertz CT molecular complexity index is 683. The lowest BCUT2D eigenvalue weighted by Crippen LogP contribution is -2.09. The third-order valence-corrected chi connectivity index (χ3v) is 4.57. The highest BCUT2D eigenvalue weighted by Gasteiger charge is 2.22. The van der Waals surface area contributed by atoms with Crippen molar-refractivity contribution in [3.05, 3.63) is 28.7 Å². The van der Waals surface area contributed by atoms with Crippen molar-refractivity contribution in [3.8, 4) is 0 Å². The highest BCUT2D eigenvalue weighted by atomic mass is 32.2. The minimum atomic E-state index is -3.41. The second-order valence-electron chi connectivity index (χ2n) is 5.04. The largest absolute Gasteiger partial charge is 0.361 e. The summed E-state index contributed by atoms with van der Waals surface area (Å²) in [6.45, 7) is 5.48.